The van der Waals surface area contributed by atoms with Gasteiger partial charge in [-0.05, 0) is 51.0 Å². The van der Waals surface area contributed by atoms with Crippen molar-refractivity contribution in [3.8, 4) is 5.75 Å². The van der Waals surface area contributed by atoms with Crippen LogP contribution in [-0.4, -0.2) is 47.6 Å². The van der Waals surface area contributed by atoms with Crippen LogP contribution in [-0.2, 0) is 21.3 Å². The minimum atomic E-state index is -0.569. The molecular formula is C20H25N3O5. The maximum Gasteiger partial charge on any atom is 0.338 e. The van der Waals surface area contributed by atoms with Gasteiger partial charge in [0.15, 0.2) is 6.61 Å². The minimum Gasteiger partial charge on any atom is -0.491 e. The summed E-state index contributed by atoms with van der Waals surface area (Å²) in [6.45, 7) is 4.56. The van der Waals surface area contributed by atoms with Gasteiger partial charge in [-0.1, -0.05) is 0 Å². The Labute approximate surface area is 163 Å². The summed E-state index contributed by atoms with van der Waals surface area (Å²) in [5.74, 6) is -0.322. The Bertz CT molecular complexity index is 838. The molecule has 150 valence electrons. The van der Waals surface area contributed by atoms with Crippen molar-refractivity contribution in [2.45, 2.75) is 32.8 Å². The van der Waals surface area contributed by atoms with E-state index in [2.05, 4.69) is 10.4 Å². The molecule has 1 aliphatic heterocycles. The summed E-state index contributed by atoms with van der Waals surface area (Å²) in [7, 11) is 1.80. The molecule has 1 aliphatic rings. The molecule has 28 heavy (non-hydrogen) atoms. The fourth-order valence-electron chi connectivity index (χ4n) is 3.00. The predicted molar refractivity (Wildman–Crippen MR) is 103 cm³/mol. The van der Waals surface area contributed by atoms with E-state index < -0.39 is 11.9 Å². The van der Waals surface area contributed by atoms with Crippen LogP contribution < -0.4 is 10.1 Å². The molecule has 2 heterocycles. The van der Waals surface area contributed by atoms with E-state index in [1.807, 2.05) is 6.92 Å². The Kier molecular flexibility index (Phi) is 6.30. The van der Waals surface area contributed by atoms with Gasteiger partial charge in [0, 0.05) is 13.7 Å². The van der Waals surface area contributed by atoms with E-state index >= 15 is 0 Å². The highest BCUT2D eigenvalue weighted by atomic mass is 16.5. The summed E-state index contributed by atoms with van der Waals surface area (Å²) in [6, 6.07) is 6.63. The number of benzene rings is 1. The zero-order valence-corrected chi connectivity index (χ0v) is 16.4. The van der Waals surface area contributed by atoms with Gasteiger partial charge >= 0.3 is 5.97 Å². The smallest absolute Gasteiger partial charge is 0.338 e. The molecule has 1 atom stereocenters. The van der Waals surface area contributed by atoms with Gasteiger partial charge in [0.1, 0.15) is 12.4 Å². The van der Waals surface area contributed by atoms with Crippen molar-refractivity contribution >= 4 is 17.6 Å². The SMILES string of the molecule is Cc1nn(C)c(C)c1NC(=O)COC(=O)c1ccc(OC[C@H]2CCCO2)cc1. The molecule has 1 fully saturated rings. The van der Waals surface area contributed by atoms with Gasteiger partial charge in [0.05, 0.1) is 28.7 Å². The third-order valence-corrected chi connectivity index (χ3v) is 4.66. The average molecular weight is 387 g/mol. The van der Waals surface area contributed by atoms with E-state index in [1.54, 1.807) is 42.9 Å². The van der Waals surface area contributed by atoms with E-state index in [4.69, 9.17) is 14.2 Å². The van der Waals surface area contributed by atoms with Gasteiger partial charge in [-0.2, -0.15) is 5.10 Å². The van der Waals surface area contributed by atoms with Crippen molar-refractivity contribution in [3.05, 3.63) is 41.2 Å². The molecule has 8 heteroatoms. The molecule has 1 amide bonds. The summed E-state index contributed by atoms with van der Waals surface area (Å²) in [4.78, 5) is 24.2. The highest BCUT2D eigenvalue weighted by molar-refractivity contribution is 5.96. The lowest BCUT2D eigenvalue weighted by Gasteiger charge is -2.11. The van der Waals surface area contributed by atoms with Crippen LogP contribution in [0.2, 0.25) is 0 Å². The molecule has 1 saturated heterocycles. The van der Waals surface area contributed by atoms with Gasteiger partial charge in [0.2, 0.25) is 0 Å². The molecule has 0 radical (unpaired) electrons. The van der Waals surface area contributed by atoms with Crippen molar-refractivity contribution in [2.75, 3.05) is 25.1 Å². The first-order chi connectivity index (χ1) is 13.4. The van der Waals surface area contributed by atoms with Crippen LogP contribution in [0.1, 0.15) is 34.6 Å². The number of anilines is 1. The molecule has 0 aliphatic carbocycles. The topological polar surface area (TPSA) is 91.7 Å². The molecule has 0 bridgehead atoms. The Morgan fingerprint density at radius 3 is 2.64 bits per heavy atom. The molecular weight excluding hydrogens is 362 g/mol. The Morgan fingerprint density at radius 2 is 2.04 bits per heavy atom. The highest BCUT2D eigenvalue weighted by Crippen LogP contribution is 2.19. The molecule has 0 saturated carbocycles. The van der Waals surface area contributed by atoms with Crippen LogP contribution in [0.3, 0.4) is 0 Å². The summed E-state index contributed by atoms with van der Waals surface area (Å²) in [5, 5.41) is 6.96. The van der Waals surface area contributed by atoms with E-state index in [1.165, 1.54) is 0 Å². The normalized spacial score (nSPS) is 16.0. The number of carbonyl (C=O) groups is 2. The quantitative estimate of drug-likeness (QED) is 0.734. The van der Waals surface area contributed by atoms with Crippen molar-refractivity contribution in [3.63, 3.8) is 0 Å². The fraction of sp³-hybridized carbons (Fsp3) is 0.450. The first kappa shape index (κ1) is 19.9. The Balaban J connectivity index is 1.46. The number of rotatable bonds is 7. The second-order valence-corrected chi connectivity index (χ2v) is 6.76. The number of nitrogens with zero attached hydrogens (tertiary/aromatic N) is 2. The predicted octanol–water partition coefficient (Wildman–Crippen LogP) is 2.39. The number of carbonyl (C=O) groups excluding carboxylic acids is 2. The second kappa shape index (κ2) is 8.88. The summed E-state index contributed by atoms with van der Waals surface area (Å²) in [6.07, 6.45) is 2.20. The molecule has 1 N–H and O–H groups in total. The van der Waals surface area contributed by atoms with Crippen LogP contribution in [0.4, 0.5) is 5.69 Å². The maximum atomic E-state index is 12.1. The van der Waals surface area contributed by atoms with Gasteiger partial charge in [-0.25, -0.2) is 4.79 Å². The summed E-state index contributed by atoms with van der Waals surface area (Å²) in [5.41, 5.74) is 2.52. The third-order valence-electron chi connectivity index (χ3n) is 4.66. The van der Waals surface area contributed by atoms with Crippen LogP contribution >= 0.6 is 0 Å². The summed E-state index contributed by atoms with van der Waals surface area (Å²) >= 11 is 0. The molecule has 1 aromatic heterocycles. The number of ether oxygens (including phenoxy) is 3. The van der Waals surface area contributed by atoms with Crippen LogP contribution in [0.5, 0.6) is 5.75 Å². The summed E-state index contributed by atoms with van der Waals surface area (Å²) < 4.78 is 17.9. The number of aryl methyl sites for hydroxylation is 2. The Morgan fingerprint density at radius 1 is 1.29 bits per heavy atom. The largest absolute Gasteiger partial charge is 0.491 e. The lowest BCUT2D eigenvalue weighted by Crippen LogP contribution is -2.21. The second-order valence-electron chi connectivity index (χ2n) is 6.76. The van der Waals surface area contributed by atoms with E-state index in [-0.39, 0.29) is 12.7 Å². The highest BCUT2D eigenvalue weighted by Gasteiger charge is 2.17. The first-order valence-electron chi connectivity index (χ1n) is 9.25. The van der Waals surface area contributed by atoms with Crippen LogP contribution in [0.15, 0.2) is 24.3 Å². The number of nitrogens with one attached hydrogen (secondary N) is 1. The van der Waals surface area contributed by atoms with E-state index in [9.17, 15) is 9.59 Å². The molecule has 2 aromatic rings. The van der Waals surface area contributed by atoms with Gasteiger partial charge in [-0.15, -0.1) is 0 Å². The number of esters is 1. The van der Waals surface area contributed by atoms with Crippen molar-refractivity contribution in [2.24, 2.45) is 7.05 Å². The molecule has 0 spiro atoms. The first-order valence-corrected chi connectivity index (χ1v) is 9.25. The lowest BCUT2D eigenvalue weighted by molar-refractivity contribution is -0.119. The third kappa shape index (κ3) is 4.89. The average Bonchev–Trinajstić information content (AvgIpc) is 3.29. The standard InChI is InChI=1S/C20H25N3O5/c1-13-19(14(2)23(3)22-13)21-18(24)12-28-20(25)15-6-8-16(9-7-15)27-11-17-5-4-10-26-17/h6-9,17H,4-5,10-12H2,1-3H3,(H,21,24)/t17-/m1/s1. The van der Waals surface area contributed by atoms with Crippen molar-refractivity contribution in [1.29, 1.82) is 0 Å². The van der Waals surface area contributed by atoms with Crippen molar-refractivity contribution < 1.29 is 23.8 Å². The van der Waals surface area contributed by atoms with E-state index in [0.29, 0.717) is 29.3 Å². The maximum absolute atomic E-state index is 12.1. The molecule has 1 aromatic carbocycles. The molecule has 0 unspecified atom stereocenters. The number of hydrogen-bond acceptors (Lipinski definition) is 6. The fourth-order valence-corrected chi connectivity index (χ4v) is 3.00. The number of hydrogen-bond donors (Lipinski definition) is 1. The number of aromatic nitrogens is 2. The minimum absolute atomic E-state index is 0.134. The van der Waals surface area contributed by atoms with Gasteiger partial charge in [-0.3, -0.25) is 9.48 Å². The van der Waals surface area contributed by atoms with Gasteiger partial charge in [0.25, 0.3) is 5.91 Å². The zero-order chi connectivity index (χ0) is 20.1. The lowest BCUT2D eigenvalue weighted by atomic mass is 10.2. The van der Waals surface area contributed by atoms with E-state index in [0.717, 1.165) is 25.1 Å². The van der Waals surface area contributed by atoms with Gasteiger partial charge < -0.3 is 19.5 Å². The van der Waals surface area contributed by atoms with Crippen LogP contribution in [0.25, 0.3) is 0 Å². The zero-order valence-electron chi connectivity index (χ0n) is 16.4. The van der Waals surface area contributed by atoms with Crippen LogP contribution in [0, 0.1) is 13.8 Å². The number of amides is 1. The monoisotopic (exact) mass is 387 g/mol. The molecule has 8 nitrogen and oxygen atoms in total. The Hall–Kier alpha value is -2.87. The molecule has 3 rings (SSSR count). The van der Waals surface area contributed by atoms with Crippen molar-refractivity contribution in [1.82, 2.24) is 9.78 Å².